The van der Waals surface area contributed by atoms with Crippen LogP contribution in [0.15, 0.2) is 86.0 Å². The first kappa shape index (κ1) is 29.0. The molecule has 1 saturated carbocycles. The third kappa shape index (κ3) is 6.69. The molecule has 2 aliphatic rings. The van der Waals surface area contributed by atoms with E-state index in [1.54, 1.807) is 30.3 Å². The van der Waals surface area contributed by atoms with E-state index in [4.69, 9.17) is 4.74 Å². The molecule has 5 rings (SSSR count). The highest BCUT2D eigenvalue weighted by Gasteiger charge is 2.28. The third-order valence-electron chi connectivity index (χ3n) is 9.04. The van der Waals surface area contributed by atoms with Crippen LogP contribution < -0.4 is 4.74 Å². The molecule has 41 heavy (non-hydrogen) atoms. The van der Waals surface area contributed by atoms with Gasteiger partial charge < -0.3 is 4.74 Å². The molecule has 3 aromatic rings. The second kappa shape index (κ2) is 13.4. The Morgan fingerprint density at radius 1 is 0.732 bits per heavy atom. The van der Waals surface area contributed by atoms with Crippen molar-refractivity contribution in [3.05, 3.63) is 109 Å². The zero-order valence-corrected chi connectivity index (χ0v) is 23.7. The third-order valence-corrected chi connectivity index (χ3v) is 9.04. The summed E-state index contributed by atoms with van der Waals surface area (Å²) in [5.41, 5.74) is 3.99. The van der Waals surface area contributed by atoms with Crippen LogP contribution >= 0.6 is 0 Å². The molecule has 4 heteroatoms. The summed E-state index contributed by atoms with van der Waals surface area (Å²) < 4.78 is 49.6. The fraction of sp³-hybridized carbons (Fsp3) is 0.351. The lowest BCUT2D eigenvalue weighted by atomic mass is 9.70. The molecule has 1 fully saturated rings. The van der Waals surface area contributed by atoms with Crippen LogP contribution in [-0.2, 0) is 0 Å². The number of rotatable bonds is 10. The minimum atomic E-state index is -1.04. The molecule has 214 valence electrons. The minimum Gasteiger partial charge on any atom is -0.486 e. The lowest BCUT2D eigenvalue weighted by molar-refractivity contribution is 0.190. The van der Waals surface area contributed by atoms with Gasteiger partial charge in [0.2, 0.25) is 5.82 Å². The summed E-state index contributed by atoms with van der Waals surface area (Å²) in [6.07, 6.45) is 16.9. The van der Waals surface area contributed by atoms with Gasteiger partial charge in [0.1, 0.15) is 12.4 Å². The Morgan fingerprint density at radius 2 is 1.41 bits per heavy atom. The van der Waals surface area contributed by atoms with Crippen molar-refractivity contribution in [2.24, 2.45) is 17.8 Å². The standard InChI is InChI=1S/C37H39F3O/c1-3-5-6-25-7-9-26(10-8-25)27-11-13-28(14-12-27)31-19-20-32(34(38)24-31)29-15-17-30(18-16-29)33-21-22-35(41-23-4-2)37(40)36(33)39/h3-4,13,15-22,24-27H,1-2,5-12,14,23H2. The van der Waals surface area contributed by atoms with E-state index in [0.717, 1.165) is 42.6 Å². The van der Waals surface area contributed by atoms with Crippen LogP contribution in [-0.4, -0.2) is 6.61 Å². The van der Waals surface area contributed by atoms with Gasteiger partial charge in [0, 0.05) is 11.1 Å². The van der Waals surface area contributed by atoms with E-state index in [1.165, 1.54) is 62.3 Å². The average molecular weight is 557 g/mol. The summed E-state index contributed by atoms with van der Waals surface area (Å²) in [7, 11) is 0. The molecule has 1 atom stereocenters. The summed E-state index contributed by atoms with van der Waals surface area (Å²) in [4.78, 5) is 0. The lowest BCUT2D eigenvalue weighted by Crippen LogP contribution is -2.23. The minimum absolute atomic E-state index is 0.0876. The van der Waals surface area contributed by atoms with Crippen LogP contribution in [0.3, 0.4) is 0 Å². The number of allylic oxidation sites excluding steroid dienone is 3. The van der Waals surface area contributed by atoms with Gasteiger partial charge in [-0.05, 0) is 103 Å². The van der Waals surface area contributed by atoms with Crippen LogP contribution in [0.25, 0.3) is 27.8 Å². The largest absolute Gasteiger partial charge is 0.486 e. The van der Waals surface area contributed by atoms with E-state index in [-0.39, 0.29) is 23.7 Å². The van der Waals surface area contributed by atoms with Gasteiger partial charge in [0.05, 0.1) is 0 Å². The molecule has 0 spiro atoms. The summed E-state index contributed by atoms with van der Waals surface area (Å²) in [6, 6.07) is 15.2. The zero-order chi connectivity index (χ0) is 28.8. The maximum Gasteiger partial charge on any atom is 0.201 e. The monoisotopic (exact) mass is 556 g/mol. The second-order valence-corrected chi connectivity index (χ2v) is 11.5. The fourth-order valence-electron chi connectivity index (χ4n) is 6.64. The van der Waals surface area contributed by atoms with E-state index in [9.17, 15) is 8.78 Å². The van der Waals surface area contributed by atoms with Crippen molar-refractivity contribution in [1.29, 1.82) is 0 Å². The molecule has 0 radical (unpaired) electrons. The zero-order valence-electron chi connectivity index (χ0n) is 23.7. The normalized spacial score (nSPS) is 20.8. The van der Waals surface area contributed by atoms with E-state index >= 15 is 4.39 Å². The molecule has 0 heterocycles. The summed E-state index contributed by atoms with van der Waals surface area (Å²) >= 11 is 0. The van der Waals surface area contributed by atoms with Gasteiger partial charge in [0.25, 0.3) is 0 Å². The molecule has 1 unspecified atom stereocenters. The van der Waals surface area contributed by atoms with Crippen molar-refractivity contribution in [3.63, 3.8) is 0 Å². The van der Waals surface area contributed by atoms with Crippen molar-refractivity contribution in [3.8, 4) is 28.0 Å². The van der Waals surface area contributed by atoms with Gasteiger partial charge in [-0.15, -0.1) is 6.58 Å². The number of benzene rings is 3. The first-order valence-electron chi connectivity index (χ1n) is 14.9. The Balaban J connectivity index is 1.23. The Morgan fingerprint density at radius 3 is 2.05 bits per heavy atom. The lowest BCUT2D eigenvalue weighted by Gasteiger charge is -2.35. The van der Waals surface area contributed by atoms with Crippen molar-refractivity contribution in [2.75, 3.05) is 6.61 Å². The summed E-state index contributed by atoms with van der Waals surface area (Å²) in [6.45, 7) is 7.46. The van der Waals surface area contributed by atoms with Gasteiger partial charge in [-0.1, -0.05) is 74.0 Å². The molecule has 0 amide bonds. The van der Waals surface area contributed by atoms with Crippen LogP contribution in [0.4, 0.5) is 13.2 Å². The van der Waals surface area contributed by atoms with Crippen molar-refractivity contribution >= 4 is 5.57 Å². The highest BCUT2D eigenvalue weighted by atomic mass is 19.2. The van der Waals surface area contributed by atoms with E-state index in [1.807, 2.05) is 18.2 Å². The average Bonchev–Trinajstić information content (AvgIpc) is 3.01. The van der Waals surface area contributed by atoms with Crippen LogP contribution in [0.5, 0.6) is 5.75 Å². The Labute approximate surface area is 242 Å². The van der Waals surface area contributed by atoms with Crippen molar-refractivity contribution in [1.82, 2.24) is 0 Å². The Hall–Kier alpha value is -3.53. The summed E-state index contributed by atoms with van der Waals surface area (Å²) in [5, 5.41) is 0. The van der Waals surface area contributed by atoms with E-state index < -0.39 is 11.6 Å². The van der Waals surface area contributed by atoms with Crippen LogP contribution in [0.1, 0.15) is 63.4 Å². The quantitative estimate of drug-likeness (QED) is 0.226. The molecular formula is C37H39F3O. The molecule has 0 aromatic heterocycles. The molecule has 0 N–H and O–H groups in total. The second-order valence-electron chi connectivity index (χ2n) is 11.5. The predicted octanol–water partition coefficient (Wildman–Crippen LogP) is 11.0. The molecule has 3 aromatic carbocycles. The molecule has 0 aliphatic heterocycles. The van der Waals surface area contributed by atoms with Crippen molar-refractivity contribution < 1.29 is 17.9 Å². The maximum absolute atomic E-state index is 15.3. The molecular weight excluding hydrogens is 517 g/mol. The summed E-state index contributed by atoms with van der Waals surface area (Å²) in [5.74, 6) is -0.0131. The molecule has 2 aliphatic carbocycles. The number of hydrogen-bond donors (Lipinski definition) is 0. The van der Waals surface area contributed by atoms with Crippen LogP contribution in [0, 0.1) is 35.2 Å². The van der Waals surface area contributed by atoms with Crippen LogP contribution in [0.2, 0.25) is 0 Å². The van der Waals surface area contributed by atoms with Gasteiger partial charge in [-0.25, -0.2) is 8.78 Å². The van der Waals surface area contributed by atoms with Gasteiger partial charge in [0.15, 0.2) is 11.6 Å². The smallest absolute Gasteiger partial charge is 0.201 e. The van der Waals surface area contributed by atoms with Gasteiger partial charge in [-0.2, -0.15) is 4.39 Å². The molecule has 1 nitrogen and oxygen atoms in total. The van der Waals surface area contributed by atoms with Crippen molar-refractivity contribution in [2.45, 2.75) is 57.8 Å². The number of ether oxygens (including phenoxy) is 1. The first-order chi connectivity index (χ1) is 20.0. The SMILES string of the molecule is C=CCCC1CCC(C2CC=C(c3ccc(-c4ccc(-c5ccc(OCC=C)c(F)c5F)cc4)c(F)c3)CC2)CC1. The highest BCUT2D eigenvalue weighted by Crippen LogP contribution is 2.42. The first-order valence-corrected chi connectivity index (χ1v) is 14.9. The van der Waals surface area contributed by atoms with E-state index in [0.29, 0.717) is 16.7 Å². The van der Waals surface area contributed by atoms with Gasteiger partial charge >= 0.3 is 0 Å². The molecule has 0 bridgehead atoms. The topological polar surface area (TPSA) is 9.23 Å². The fourth-order valence-corrected chi connectivity index (χ4v) is 6.64. The maximum atomic E-state index is 15.3. The van der Waals surface area contributed by atoms with Gasteiger partial charge in [-0.3, -0.25) is 0 Å². The van der Waals surface area contributed by atoms with E-state index in [2.05, 4.69) is 19.2 Å². The predicted molar refractivity (Wildman–Crippen MR) is 163 cm³/mol. The Bertz CT molecular complexity index is 1400. The Kier molecular flexibility index (Phi) is 9.49. The number of halogens is 3. The number of hydrogen-bond acceptors (Lipinski definition) is 1. The highest BCUT2D eigenvalue weighted by molar-refractivity contribution is 5.74. The molecule has 0 saturated heterocycles.